The molecule has 0 aromatic carbocycles. The molecule has 0 radical (unpaired) electrons. The molecule has 4 nitrogen and oxygen atoms in total. The first-order valence-corrected chi connectivity index (χ1v) is 14.0. The maximum atomic E-state index is 12.0. The van der Waals surface area contributed by atoms with Gasteiger partial charge in [-0.2, -0.15) is 11.8 Å². The molecule has 0 aromatic rings. The number of hydrogen-bond acceptors (Lipinski definition) is 7. The Labute approximate surface area is 184 Å². The van der Waals surface area contributed by atoms with Crippen LogP contribution in [0.3, 0.4) is 0 Å². The molecule has 28 heavy (non-hydrogen) atoms. The third kappa shape index (κ3) is 19.1. The van der Waals surface area contributed by atoms with Gasteiger partial charge in [0.05, 0.1) is 5.92 Å². The van der Waals surface area contributed by atoms with E-state index in [0.717, 1.165) is 23.3 Å². The van der Waals surface area contributed by atoms with Gasteiger partial charge < -0.3 is 9.47 Å². The van der Waals surface area contributed by atoms with E-state index in [1.807, 2.05) is 18.7 Å². The molecule has 0 saturated heterocycles. The highest BCUT2D eigenvalue weighted by Gasteiger charge is 2.14. The smallest absolute Gasteiger partial charge is 0.330 e. The monoisotopic (exact) mass is 450 g/mol. The van der Waals surface area contributed by atoms with Crippen LogP contribution < -0.4 is 0 Å². The molecule has 0 N–H and O–H groups in total. The fourth-order valence-corrected chi connectivity index (χ4v) is 5.06. The number of carbonyl (C=O) groups excluding carboxylic acids is 2. The number of hydrogen-bond donors (Lipinski definition) is 0. The average Bonchev–Trinajstić information content (AvgIpc) is 2.70. The molecule has 0 aromatic heterocycles. The van der Waals surface area contributed by atoms with Crippen molar-refractivity contribution in [1.29, 1.82) is 0 Å². The summed E-state index contributed by atoms with van der Waals surface area (Å²) in [5, 5.41) is 0. The van der Waals surface area contributed by atoms with Crippen molar-refractivity contribution >= 4 is 45.3 Å². The van der Waals surface area contributed by atoms with Crippen LogP contribution in [0, 0.1) is 5.92 Å². The summed E-state index contributed by atoms with van der Waals surface area (Å²) in [4.78, 5) is 22.8. The SMILES string of the molecule is C=CC(=O)OCCSSCCOC(=O)C(C)CSCCCCCCCCCC. The highest BCUT2D eigenvalue weighted by molar-refractivity contribution is 8.76. The Kier molecular flexibility index (Phi) is 21.2. The number of unbranched alkanes of at least 4 members (excludes halogenated alkanes) is 7. The summed E-state index contributed by atoms with van der Waals surface area (Å²) in [6.45, 7) is 8.33. The Bertz CT molecular complexity index is 405. The van der Waals surface area contributed by atoms with E-state index in [0.29, 0.717) is 19.0 Å². The molecule has 0 spiro atoms. The fourth-order valence-electron chi connectivity index (χ4n) is 2.34. The maximum absolute atomic E-state index is 12.0. The van der Waals surface area contributed by atoms with E-state index >= 15 is 0 Å². The number of esters is 2. The van der Waals surface area contributed by atoms with E-state index in [9.17, 15) is 9.59 Å². The first kappa shape index (κ1) is 27.7. The van der Waals surface area contributed by atoms with Crippen molar-refractivity contribution in [2.45, 2.75) is 65.2 Å². The lowest BCUT2D eigenvalue weighted by molar-refractivity contribution is -0.146. The van der Waals surface area contributed by atoms with Crippen LogP contribution in [0.2, 0.25) is 0 Å². The largest absolute Gasteiger partial charge is 0.465 e. The summed E-state index contributed by atoms with van der Waals surface area (Å²) in [5.41, 5.74) is 0. The third-order valence-corrected chi connectivity index (χ3v) is 7.63. The van der Waals surface area contributed by atoms with Gasteiger partial charge in [0.2, 0.25) is 0 Å². The van der Waals surface area contributed by atoms with Crippen molar-refractivity contribution in [2.24, 2.45) is 5.92 Å². The number of thioether (sulfide) groups is 1. The molecule has 0 bridgehead atoms. The van der Waals surface area contributed by atoms with E-state index in [1.54, 1.807) is 21.6 Å². The van der Waals surface area contributed by atoms with Crippen molar-refractivity contribution in [3.8, 4) is 0 Å². The van der Waals surface area contributed by atoms with Crippen LogP contribution in [0.25, 0.3) is 0 Å². The van der Waals surface area contributed by atoms with Crippen molar-refractivity contribution in [3.63, 3.8) is 0 Å². The Balaban J connectivity index is 3.38. The molecule has 0 amide bonds. The minimum absolute atomic E-state index is 0.0463. The first-order valence-electron chi connectivity index (χ1n) is 10.4. The molecular formula is C21H38O4S3. The van der Waals surface area contributed by atoms with Gasteiger partial charge in [-0.25, -0.2) is 4.79 Å². The minimum atomic E-state index is -0.395. The second kappa shape index (κ2) is 21.4. The third-order valence-electron chi connectivity index (χ3n) is 3.98. The predicted molar refractivity (Wildman–Crippen MR) is 126 cm³/mol. The summed E-state index contributed by atoms with van der Waals surface area (Å²) in [7, 11) is 3.22. The van der Waals surface area contributed by atoms with Crippen LogP contribution in [0.1, 0.15) is 65.2 Å². The molecule has 164 valence electrons. The topological polar surface area (TPSA) is 52.6 Å². The van der Waals surface area contributed by atoms with E-state index in [2.05, 4.69) is 13.5 Å². The summed E-state index contributed by atoms with van der Waals surface area (Å²) in [6, 6.07) is 0. The highest BCUT2D eigenvalue weighted by Crippen LogP contribution is 2.20. The summed E-state index contributed by atoms with van der Waals surface area (Å²) in [6.07, 6.45) is 11.9. The minimum Gasteiger partial charge on any atom is -0.465 e. The molecular weight excluding hydrogens is 412 g/mol. The number of ether oxygens (including phenoxy) is 2. The van der Waals surface area contributed by atoms with Gasteiger partial charge in [0.1, 0.15) is 13.2 Å². The average molecular weight is 451 g/mol. The molecule has 0 saturated carbocycles. The van der Waals surface area contributed by atoms with Gasteiger partial charge in [-0.3, -0.25) is 4.79 Å². The van der Waals surface area contributed by atoms with Crippen LogP contribution in [-0.4, -0.2) is 48.2 Å². The molecule has 0 fully saturated rings. The summed E-state index contributed by atoms with van der Waals surface area (Å²) >= 11 is 1.86. The zero-order valence-electron chi connectivity index (χ0n) is 17.6. The van der Waals surface area contributed by atoms with Gasteiger partial charge in [-0.1, -0.05) is 87.0 Å². The van der Waals surface area contributed by atoms with Crippen LogP contribution in [0.4, 0.5) is 0 Å². The molecule has 1 unspecified atom stereocenters. The van der Waals surface area contributed by atoms with Gasteiger partial charge >= 0.3 is 11.9 Å². The zero-order valence-corrected chi connectivity index (χ0v) is 20.1. The highest BCUT2D eigenvalue weighted by atomic mass is 33.1. The second-order valence-corrected chi connectivity index (χ2v) is 10.5. The quantitative estimate of drug-likeness (QED) is 0.0954. The molecule has 1 atom stereocenters. The van der Waals surface area contributed by atoms with Crippen molar-refractivity contribution < 1.29 is 19.1 Å². The van der Waals surface area contributed by atoms with Gasteiger partial charge in [0, 0.05) is 23.3 Å². The Morgan fingerprint density at radius 2 is 1.46 bits per heavy atom. The fraction of sp³-hybridized carbons (Fsp3) is 0.810. The van der Waals surface area contributed by atoms with Crippen LogP contribution in [0.5, 0.6) is 0 Å². The Hall–Kier alpha value is -0.270. The predicted octanol–water partition coefficient (Wildman–Crippen LogP) is 6.15. The van der Waals surface area contributed by atoms with Gasteiger partial charge in [-0.15, -0.1) is 0 Å². The first-order chi connectivity index (χ1) is 13.6. The van der Waals surface area contributed by atoms with Crippen LogP contribution in [0.15, 0.2) is 12.7 Å². The molecule has 0 heterocycles. The Morgan fingerprint density at radius 1 is 0.893 bits per heavy atom. The Morgan fingerprint density at radius 3 is 2.07 bits per heavy atom. The van der Waals surface area contributed by atoms with Crippen LogP contribution >= 0.6 is 33.3 Å². The second-order valence-electron chi connectivity index (χ2n) is 6.63. The molecule has 0 rings (SSSR count). The van der Waals surface area contributed by atoms with Gasteiger partial charge in [0.15, 0.2) is 0 Å². The van der Waals surface area contributed by atoms with Crippen molar-refractivity contribution in [3.05, 3.63) is 12.7 Å². The molecule has 0 aliphatic rings. The maximum Gasteiger partial charge on any atom is 0.330 e. The summed E-state index contributed by atoms with van der Waals surface area (Å²) < 4.78 is 10.2. The van der Waals surface area contributed by atoms with E-state index in [1.165, 1.54) is 51.4 Å². The van der Waals surface area contributed by atoms with E-state index in [4.69, 9.17) is 9.47 Å². The van der Waals surface area contributed by atoms with Crippen molar-refractivity contribution in [2.75, 3.05) is 36.2 Å². The number of rotatable bonds is 20. The lowest BCUT2D eigenvalue weighted by Crippen LogP contribution is -2.18. The standard InChI is InChI=1S/C21H38O4S3/c1-4-6-7-8-9-10-11-12-15-26-18-19(3)21(23)25-14-17-28-27-16-13-24-20(22)5-2/h5,19H,2,4,6-18H2,1,3H3. The zero-order chi connectivity index (χ0) is 20.9. The molecule has 0 aliphatic carbocycles. The lowest BCUT2D eigenvalue weighted by atomic mass is 10.1. The molecule has 0 aliphatic heterocycles. The van der Waals surface area contributed by atoms with E-state index < -0.39 is 5.97 Å². The van der Waals surface area contributed by atoms with Gasteiger partial charge in [-0.05, 0) is 12.2 Å². The lowest BCUT2D eigenvalue weighted by Gasteiger charge is -2.11. The van der Waals surface area contributed by atoms with E-state index in [-0.39, 0.29) is 11.9 Å². The van der Waals surface area contributed by atoms with Crippen LogP contribution in [-0.2, 0) is 19.1 Å². The molecule has 7 heteroatoms. The van der Waals surface area contributed by atoms with Gasteiger partial charge in [0.25, 0.3) is 0 Å². The summed E-state index contributed by atoms with van der Waals surface area (Å²) in [5.74, 6) is 2.88. The van der Waals surface area contributed by atoms with Crippen molar-refractivity contribution in [1.82, 2.24) is 0 Å². The normalized spacial score (nSPS) is 11.8. The number of carbonyl (C=O) groups is 2.